The summed E-state index contributed by atoms with van der Waals surface area (Å²) in [6.07, 6.45) is 3.96. The molecule has 0 spiro atoms. The van der Waals surface area contributed by atoms with Gasteiger partial charge in [-0.2, -0.15) is 0 Å². The molecule has 2 N–H and O–H groups in total. The zero-order valence-corrected chi connectivity index (χ0v) is 14.5. The number of anilines is 3. The van der Waals surface area contributed by atoms with Crippen LogP contribution in [0.25, 0.3) is 0 Å². The number of aryl methyl sites for hydroxylation is 1. The molecule has 2 amide bonds. The van der Waals surface area contributed by atoms with Crippen molar-refractivity contribution in [1.29, 1.82) is 0 Å². The highest BCUT2D eigenvalue weighted by Crippen LogP contribution is 2.24. The fourth-order valence-electron chi connectivity index (χ4n) is 2.91. The van der Waals surface area contributed by atoms with E-state index < -0.39 is 0 Å². The Morgan fingerprint density at radius 3 is 2.44 bits per heavy atom. The van der Waals surface area contributed by atoms with E-state index in [-0.39, 0.29) is 11.8 Å². The lowest BCUT2D eigenvalue weighted by molar-refractivity contribution is -0.114. The van der Waals surface area contributed by atoms with Gasteiger partial charge >= 0.3 is 0 Å². The molecule has 0 aliphatic carbocycles. The second kappa shape index (κ2) is 7.34. The van der Waals surface area contributed by atoms with Crippen molar-refractivity contribution in [1.82, 2.24) is 4.98 Å². The molecule has 0 radical (unpaired) electrons. The van der Waals surface area contributed by atoms with Crippen molar-refractivity contribution in [2.75, 3.05) is 28.6 Å². The quantitative estimate of drug-likeness (QED) is 0.898. The number of aromatic nitrogens is 1. The third-order valence-electron chi connectivity index (χ3n) is 4.17. The van der Waals surface area contributed by atoms with E-state index in [1.54, 1.807) is 18.3 Å². The number of carbonyl (C=O) groups excluding carboxylic acids is 2. The van der Waals surface area contributed by atoms with E-state index in [0.717, 1.165) is 24.5 Å². The molecule has 1 aromatic carbocycles. The van der Waals surface area contributed by atoms with E-state index in [4.69, 9.17) is 0 Å². The van der Waals surface area contributed by atoms with Gasteiger partial charge < -0.3 is 15.5 Å². The van der Waals surface area contributed by atoms with Crippen LogP contribution in [0.15, 0.2) is 36.5 Å². The van der Waals surface area contributed by atoms with E-state index in [0.29, 0.717) is 16.9 Å². The molecule has 2 heterocycles. The normalized spacial score (nSPS) is 13.6. The summed E-state index contributed by atoms with van der Waals surface area (Å²) in [5.74, 6) is 0.470. The first-order valence-electron chi connectivity index (χ1n) is 8.43. The van der Waals surface area contributed by atoms with Gasteiger partial charge in [0.15, 0.2) is 0 Å². The number of hydrogen-bond acceptors (Lipinski definition) is 4. The number of amides is 2. The maximum Gasteiger partial charge on any atom is 0.257 e. The number of carbonyl (C=O) groups is 2. The molecule has 0 unspecified atom stereocenters. The highest BCUT2D eigenvalue weighted by Gasteiger charge is 2.15. The van der Waals surface area contributed by atoms with Crippen molar-refractivity contribution < 1.29 is 9.59 Å². The predicted octanol–water partition coefficient (Wildman–Crippen LogP) is 3.20. The van der Waals surface area contributed by atoms with Gasteiger partial charge in [-0.3, -0.25) is 9.59 Å². The number of benzene rings is 1. The maximum atomic E-state index is 12.5. The van der Waals surface area contributed by atoms with Crippen LogP contribution in [-0.4, -0.2) is 29.9 Å². The third-order valence-corrected chi connectivity index (χ3v) is 4.17. The average Bonchev–Trinajstić information content (AvgIpc) is 3.11. The minimum Gasteiger partial charge on any atom is -0.357 e. The minimum absolute atomic E-state index is 0.184. The Hall–Kier alpha value is -2.89. The van der Waals surface area contributed by atoms with Gasteiger partial charge in [0.2, 0.25) is 5.91 Å². The summed E-state index contributed by atoms with van der Waals surface area (Å²) in [7, 11) is 0. The molecule has 6 nitrogen and oxygen atoms in total. The molecule has 130 valence electrons. The molecule has 0 bridgehead atoms. The maximum absolute atomic E-state index is 12.5. The smallest absolute Gasteiger partial charge is 0.257 e. The Morgan fingerprint density at radius 2 is 1.80 bits per heavy atom. The summed E-state index contributed by atoms with van der Waals surface area (Å²) in [4.78, 5) is 30.5. The first-order chi connectivity index (χ1) is 12.0. The van der Waals surface area contributed by atoms with Crippen LogP contribution in [0.1, 0.15) is 35.7 Å². The summed E-state index contributed by atoms with van der Waals surface area (Å²) in [6, 6.07) is 9.15. The molecule has 1 saturated heterocycles. The summed E-state index contributed by atoms with van der Waals surface area (Å²) in [5.41, 5.74) is 2.63. The van der Waals surface area contributed by atoms with Crippen molar-refractivity contribution in [2.24, 2.45) is 0 Å². The molecule has 25 heavy (non-hydrogen) atoms. The highest BCUT2D eigenvalue weighted by atomic mass is 16.2. The lowest BCUT2D eigenvalue weighted by atomic mass is 10.1. The molecule has 6 heteroatoms. The second-order valence-electron chi connectivity index (χ2n) is 6.28. The Kier molecular flexibility index (Phi) is 4.97. The molecule has 1 fully saturated rings. The molecule has 0 atom stereocenters. The van der Waals surface area contributed by atoms with Crippen LogP contribution in [0.3, 0.4) is 0 Å². The van der Waals surface area contributed by atoms with Crippen LogP contribution in [0, 0.1) is 6.92 Å². The van der Waals surface area contributed by atoms with Crippen molar-refractivity contribution >= 4 is 29.0 Å². The van der Waals surface area contributed by atoms with Crippen LogP contribution in [0.4, 0.5) is 17.2 Å². The molecule has 0 saturated carbocycles. The van der Waals surface area contributed by atoms with Gasteiger partial charge in [-0.15, -0.1) is 0 Å². The van der Waals surface area contributed by atoms with Crippen LogP contribution in [-0.2, 0) is 4.79 Å². The summed E-state index contributed by atoms with van der Waals surface area (Å²) >= 11 is 0. The molecular weight excluding hydrogens is 316 g/mol. The van der Waals surface area contributed by atoms with Crippen molar-refractivity contribution in [3.05, 3.63) is 47.7 Å². The van der Waals surface area contributed by atoms with E-state index in [1.807, 2.05) is 25.1 Å². The summed E-state index contributed by atoms with van der Waals surface area (Å²) in [5, 5.41) is 5.58. The van der Waals surface area contributed by atoms with Gasteiger partial charge in [0, 0.05) is 26.2 Å². The lowest BCUT2D eigenvalue weighted by Gasteiger charge is -2.16. The Morgan fingerprint density at radius 1 is 1.04 bits per heavy atom. The van der Waals surface area contributed by atoms with Crippen LogP contribution < -0.4 is 15.5 Å². The van der Waals surface area contributed by atoms with Crippen molar-refractivity contribution in [3.8, 4) is 0 Å². The minimum atomic E-state index is -0.252. The zero-order valence-electron chi connectivity index (χ0n) is 14.5. The van der Waals surface area contributed by atoms with Crippen LogP contribution in [0.2, 0.25) is 0 Å². The number of nitrogens with zero attached hydrogens (tertiary/aromatic N) is 2. The van der Waals surface area contributed by atoms with Gasteiger partial charge in [-0.05, 0) is 49.6 Å². The van der Waals surface area contributed by atoms with E-state index >= 15 is 0 Å². The molecule has 2 aromatic rings. The van der Waals surface area contributed by atoms with Gasteiger partial charge in [-0.25, -0.2) is 4.98 Å². The largest absolute Gasteiger partial charge is 0.357 e. The Labute approximate surface area is 147 Å². The standard InChI is InChI=1S/C19H22N4O2/c1-13-5-7-16(21-14(2)24)17(11-13)22-19(25)15-6-8-18(20-12-15)23-9-3-4-10-23/h5-8,11-12H,3-4,9-10H2,1-2H3,(H,21,24)(H,22,25). The number of nitrogens with one attached hydrogen (secondary N) is 2. The average molecular weight is 338 g/mol. The van der Waals surface area contributed by atoms with E-state index in [9.17, 15) is 9.59 Å². The SMILES string of the molecule is CC(=O)Nc1ccc(C)cc1NC(=O)c1ccc(N2CCCC2)nc1. The van der Waals surface area contributed by atoms with Gasteiger partial charge in [0.05, 0.1) is 16.9 Å². The molecule has 3 rings (SSSR count). The fraction of sp³-hybridized carbons (Fsp3) is 0.316. The number of pyridine rings is 1. The van der Waals surface area contributed by atoms with Gasteiger partial charge in [0.25, 0.3) is 5.91 Å². The van der Waals surface area contributed by atoms with Crippen molar-refractivity contribution in [3.63, 3.8) is 0 Å². The molecule has 1 aromatic heterocycles. The highest BCUT2D eigenvalue weighted by molar-refractivity contribution is 6.07. The van der Waals surface area contributed by atoms with Gasteiger partial charge in [-0.1, -0.05) is 6.07 Å². The topological polar surface area (TPSA) is 74.3 Å². The summed E-state index contributed by atoms with van der Waals surface area (Å²) < 4.78 is 0. The molecular formula is C19H22N4O2. The molecule has 1 aliphatic heterocycles. The third kappa shape index (κ3) is 4.15. The van der Waals surface area contributed by atoms with E-state index in [1.165, 1.54) is 19.8 Å². The Bertz CT molecular complexity index is 781. The second-order valence-corrected chi connectivity index (χ2v) is 6.28. The van der Waals surface area contributed by atoms with Crippen LogP contribution >= 0.6 is 0 Å². The number of rotatable bonds is 4. The monoisotopic (exact) mass is 338 g/mol. The Balaban J connectivity index is 1.75. The van der Waals surface area contributed by atoms with Crippen LogP contribution in [0.5, 0.6) is 0 Å². The predicted molar refractivity (Wildman–Crippen MR) is 99.1 cm³/mol. The van der Waals surface area contributed by atoms with Crippen molar-refractivity contribution in [2.45, 2.75) is 26.7 Å². The zero-order chi connectivity index (χ0) is 17.8. The summed E-state index contributed by atoms with van der Waals surface area (Å²) in [6.45, 7) is 5.40. The first-order valence-corrected chi connectivity index (χ1v) is 8.43. The van der Waals surface area contributed by atoms with E-state index in [2.05, 4.69) is 20.5 Å². The molecule has 1 aliphatic rings. The first kappa shape index (κ1) is 17.0. The lowest BCUT2D eigenvalue weighted by Crippen LogP contribution is -2.20. The fourth-order valence-corrected chi connectivity index (χ4v) is 2.91. The van der Waals surface area contributed by atoms with Gasteiger partial charge in [0.1, 0.15) is 5.82 Å². The number of hydrogen-bond donors (Lipinski definition) is 2.